The molecule has 1 heterocycles. The highest BCUT2D eigenvalue weighted by molar-refractivity contribution is 7.99. The molecular formula is C19H14ClF2N3O2S. The van der Waals surface area contributed by atoms with Crippen LogP contribution in [0.3, 0.4) is 0 Å². The number of benzene rings is 2. The van der Waals surface area contributed by atoms with Crippen LogP contribution in [0.4, 0.5) is 14.5 Å². The molecule has 0 saturated carbocycles. The number of aromatic nitrogens is 2. The molecule has 0 bridgehead atoms. The van der Waals surface area contributed by atoms with Gasteiger partial charge in [-0.25, -0.2) is 13.8 Å². The summed E-state index contributed by atoms with van der Waals surface area (Å²) in [5.41, 5.74) is 0.134. The molecule has 0 saturated heterocycles. The van der Waals surface area contributed by atoms with Gasteiger partial charge in [0.15, 0.2) is 5.16 Å². The second-order valence-corrected chi connectivity index (χ2v) is 7.13. The summed E-state index contributed by atoms with van der Waals surface area (Å²) in [5, 5.41) is 3.55. The van der Waals surface area contributed by atoms with E-state index in [1.54, 1.807) is 24.3 Å². The Labute approximate surface area is 168 Å². The lowest BCUT2D eigenvalue weighted by Gasteiger charge is -2.12. The maximum absolute atomic E-state index is 13.2. The molecule has 28 heavy (non-hydrogen) atoms. The summed E-state index contributed by atoms with van der Waals surface area (Å²) in [7, 11) is 0. The fraction of sp³-hybridized carbons (Fsp3) is 0.105. The molecule has 0 unspecified atom stereocenters. The molecule has 0 radical (unpaired) electrons. The maximum Gasteiger partial charge on any atom is 0.262 e. The van der Waals surface area contributed by atoms with E-state index in [4.69, 9.17) is 11.6 Å². The Balaban J connectivity index is 1.84. The molecule has 3 aromatic rings. The number of fused-ring (bicyclic) bond motifs is 1. The number of thioether (sulfide) groups is 1. The van der Waals surface area contributed by atoms with Crippen molar-refractivity contribution >= 4 is 45.9 Å². The zero-order valence-corrected chi connectivity index (χ0v) is 16.0. The van der Waals surface area contributed by atoms with Crippen molar-refractivity contribution in [3.05, 3.63) is 76.1 Å². The Morgan fingerprint density at radius 3 is 2.64 bits per heavy atom. The van der Waals surface area contributed by atoms with Crippen LogP contribution in [-0.2, 0) is 11.3 Å². The van der Waals surface area contributed by atoms with Gasteiger partial charge in [0.1, 0.15) is 11.6 Å². The largest absolute Gasteiger partial charge is 0.325 e. The Hall–Kier alpha value is -2.71. The van der Waals surface area contributed by atoms with E-state index in [-0.39, 0.29) is 23.5 Å². The van der Waals surface area contributed by atoms with Gasteiger partial charge in [-0.2, -0.15) is 0 Å². The van der Waals surface area contributed by atoms with E-state index in [0.717, 1.165) is 23.9 Å². The predicted molar refractivity (Wildman–Crippen MR) is 107 cm³/mol. The molecule has 2 aromatic carbocycles. The summed E-state index contributed by atoms with van der Waals surface area (Å²) in [4.78, 5) is 29.3. The topological polar surface area (TPSA) is 64.0 Å². The third kappa shape index (κ3) is 4.58. The van der Waals surface area contributed by atoms with Gasteiger partial charge in [-0.1, -0.05) is 29.4 Å². The van der Waals surface area contributed by atoms with Gasteiger partial charge in [-0.3, -0.25) is 14.2 Å². The first-order valence-electron chi connectivity index (χ1n) is 8.07. The van der Waals surface area contributed by atoms with E-state index in [1.165, 1.54) is 4.57 Å². The molecule has 5 nitrogen and oxygen atoms in total. The number of carbonyl (C=O) groups is 1. The molecule has 0 fully saturated rings. The molecular weight excluding hydrogens is 408 g/mol. The molecule has 144 valence electrons. The van der Waals surface area contributed by atoms with Gasteiger partial charge in [0, 0.05) is 23.3 Å². The molecule has 0 atom stereocenters. The summed E-state index contributed by atoms with van der Waals surface area (Å²) < 4.78 is 27.8. The second kappa shape index (κ2) is 8.53. The molecule has 1 N–H and O–H groups in total. The molecule has 1 amide bonds. The van der Waals surface area contributed by atoms with Crippen LogP contribution in [0.25, 0.3) is 10.9 Å². The molecule has 0 aliphatic carbocycles. The van der Waals surface area contributed by atoms with Gasteiger partial charge in [-0.15, -0.1) is 6.58 Å². The minimum Gasteiger partial charge on any atom is -0.325 e. The van der Waals surface area contributed by atoms with Gasteiger partial charge in [0.05, 0.1) is 16.7 Å². The van der Waals surface area contributed by atoms with Crippen LogP contribution < -0.4 is 10.9 Å². The Morgan fingerprint density at radius 2 is 1.96 bits per heavy atom. The van der Waals surface area contributed by atoms with Gasteiger partial charge in [0.2, 0.25) is 5.91 Å². The van der Waals surface area contributed by atoms with Crippen molar-refractivity contribution in [3.63, 3.8) is 0 Å². The lowest BCUT2D eigenvalue weighted by molar-refractivity contribution is -0.113. The van der Waals surface area contributed by atoms with Gasteiger partial charge < -0.3 is 5.32 Å². The maximum atomic E-state index is 13.2. The first-order valence-corrected chi connectivity index (χ1v) is 9.43. The third-order valence-corrected chi connectivity index (χ3v) is 4.88. The lowest BCUT2D eigenvalue weighted by atomic mass is 10.2. The quantitative estimate of drug-likeness (QED) is 0.367. The average Bonchev–Trinajstić information content (AvgIpc) is 2.61. The van der Waals surface area contributed by atoms with E-state index >= 15 is 0 Å². The van der Waals surface area contributed by atoms with Crippen LogP contribution in [0.5, 0.6) is 0 Å². The monoisotopic (exact) mass is 421 g/mol. The van der Waals surface area contributed by atoms with E-state index in [1.807, 2.05) is 0 Å². The minimum absolute atomic E-state index is 0.00448. The van der Waals surface area contributed by atoms with Crippen LogP contribution >= 0.6 is 23.4 Å². The Morgan fingerprint density at radius 1 is 1.25 bits per heavy atom. The van der Waals surface area contributed by atoms with Crippen molar-refractivity contribution < 1.29 is 13.6 Å². The van der Waals surface area contributed by atoms with Gasteiger partial charge in [0.25, 0.3) is 5.56 Å². The zero-order chi connectivity index (χ0) is 20.3. The van der Waals surface area contributed by atoms with Crippen molar-refractivity contribution in [2.75, 3.05) is 11.1 Å². The number of anilines is 1. The summed E-state index contributed by atoms with van der Waals surface area (Å²) in [6.07, 6.45) is 1.55. The highest BCUT2D eigenvalue weighted by atomic mass is 35.5. The van der Waals surface area contributed by atoms with Crippen LogP contribution in [0, 0.1) is 11.6 Å². The van der Waals surface area contributed by atoms with Crippen molar-refractivity contribution in [3.8, 4) is 0 Å². The minimum atomic E-state index is -0.796. The normalized spacial score (nSPS) is 10.8. The SMILES string of the molecule is C=CCn1c(SCC(=O)Nc2cc(F)cc(F)c2)nc2cc(Cl)ccc2c1=O. The van der Waals surface area contributed by atoms with Crippen LogP contribution in [0.2, 0.25) is 5.02 Å². The van der Waals surface area contributed by atoms with Crippen molar-refractivity contribution in [2.24, 2.45) is 0 Å². The molecule has 0 aliphatic rings. The average molecular weight is 422 g/mol. The fourth-order valence-corrected chi connectivity index (χ4v) is 3.50. The second-order valence-electron chi connectivity index (χ2n) is 5.76. The van der Waals surface area contributed by atoms with Gasteiger partial charge in [-0.05, 0) is 30.3 Å². The Bertz CT molecular complexity index is 1110. The summed E-state index contributed by atoms with van der Waals surface area (Å²) in [5.74, 6) is -2.21. The van der Waals surface area contributed by atoms with Crippen molar-refractivity contribution in [2.45, 2.75) is 11.7 Å². The smallest absolute Gasteiger partial charge is 0.262 e. The molecule has 0 aliphatic heterocycles. The van der Waals surface area contributed by atoms with Crippen LogP contribution in [0.1, 0.15) is 0 Å². The van der Waals surface area contributed by atoms with E-state index in [9.17, 15) is 18.4 Å². The molecule has 1 aromatic heterocycles. The number of carbonyl (C=O) groups excluding carboxylic acids is 1. The Kier molecular flexibility index (Phi) is 6.11. The standard InChI is InChI=1S/C19H14ClF2N3O2S/c1-2-5-25-18(27)15-4-3-11(20)6-16(15)24-19(25)28-10-17(26)23-14-8-12(21)7-13(22)9-14/h2-4,6-9H,1,5,10H2,(H,23,26). The third-order valence-electron chi connectivity index (χ3n) is 3.67. The van der Waals surface area contributed by atoms with Gasteiger partial charge >= 0.3 is 0 Å². The number of hydrogen-bond acceptors (Lipinski definition) is 4. The fourth-order valence-electron chi connectivity index (χ4n) is 2.53. The van der Waals surface area contributed by atoms with Crippen LogP contribution in [-0.4, -0.2) is 21.2 Å². The summed E-state index contributed by atoms with van der Waals surface area (Å²) in [6, 6.07) is 7.49. The molecule has 3 rings (SSSR count). The molecule has 0 spiro atoms. The van der Waals surface area contributed by atoms with E-state index in [2.05, 4.69) is 16.9 Å². The van der Waals surface area contributed by atoms with Crippen LogP contribution in [0.15, 0.2) is 59.0 Å². The number of rotatable bonds is 6. The number of hydrogen-bond donors (Lipinski definition) is 1. The summed E-state index contributed by atoms with van der Waals surface area (Å²) in [6.45, 7) is 3.84. The number of amides is 1. The van der Waals surface area contributed by atoms with E-state index < -0.39 is 17.5 Å². The molecule has 9 heteroatoms. The predicted octanol–water partition coefficient (Wildman–Crippen LogP) is 4.24. The number of nitrogens with zero attached hydrogens (tertiary/aromatic N) is 2. The number of allylic oxidation sites excluding steroid dienone is 1. The number of nitrogens with one attached hydrogen (secondary N) is 1. The van der Waals surface area contributed by atoms with Crippen molar-refractivity contribution in [1.29, 1.82) is 0 Å². The van der Waals surface area contributed by atoms with E-state index in [0.29, 0.717) is 27.1 Å². The first kappa shape index (κ1) is 20.0. The zero-order valence-electron chi connectivity index (χ0n) is 14.4. The highest BCUT2D eigenvalue weighted by Gasteiger charge is 2.13. The highest BCUT2D eigenvalue weighted by Crippen LogP contribution is 2.21. The number of halogens is 3. The first-order chi connectivity index (χ1) is 13.4. The van der Waals surface area contributed by atoms with Crippen molar-refractivity contribution in [1.82, 2.24) is 9.55 Å². The summed E-state index contributed by atoms with van der Waals surface area (Å²) >= 11 is 6.99. The lowest BCUT2D eigenvalue weighted by Crippen LogP contribution is -2.23.